The van der Waals surface area contributed by atoms with E-state index in [0.29, 0.717) is 5.69 Å². The number of hydrogen-bond donors (Lipinski definition) is 0. The Bertz CT molecular complexity index is 616. The molecular weight excluding hydrogens is 258 g/mol. The second kappa shape index (κ2) is 4.74. The van der Waals surface area contributed by atoms with E-state index < -0.39 is 0 Å². The first-order valence-electron chi connectivity index (χ1n) is 6.17. The summed E-state index contributed by atoms with van der Waals surface area (Å²) < 4.78 is 2.01. The topological polar surface area (TPSA) is 38.1 Å². The molecule has 2 aromatic rings. The third-order valence-electron chi connectivity index (χ3n) is 3.29. The Labute approximate surface area is 116 Å². The molecule has 0 atom stereocenters. The average Bonchev–Trinajstić information content (AvgIpc) is 2.98. The smallest absolute Gasteiger partial charge is 0.169 e. The van der Waals surface area contributed by atoms with Crippen molar-refractivity contribution in [2.24, 2.45) is 0 Å². The first-order chi connectivity index (χ1) is 9.20. The molecule has 19 heavy (non-hydrogen) atoms. The number of thioether (sulfide) groups is 1. The van der Waals surface area contributed by atoms with Crippen molar-refractivity contribution in [2.75, 3.05) is 24.7 Å². The monoisotopic (exact) mass is 273 g/mol. The molecule has 0 bridgehead atoms. The quantitative estimate of drug-likeness (QED) is 0.806. The molecular formula is C14H15N3OS. The van der Waals surface area contributed by atoms with Crippen molar-refractivity contribution in [3.8, 4) is 11.3 Å². The minimum absolute atomic E-state index is 0.692. The van der Waals surface area contributed by atoms with Gasteiger partial charge in [-0.2, -0.15) is 0 Å². The highest BCUT2D eigenvalue weighted by Crippen LogP contribution is 2.32. The fourth-order valence-corrected chi connectivity index (χ4v) is 3.21. The van der Waals surface area contributed by atoms with Crippen LogP contribution >= 0.6 is 11.8 Å². The van der Waals surface area contributed by atoms with Crippen molar-refractivity contribution in [3.05, 3.63) is 30.0 Å². The van der Waals surface area contributed by atoms with E-state index in [1.165, 1.54) is 0 Å². The molecule has 98 valence electrons. The summed E-state index contributed by atoms with van der Waals surface area (Å²) in [5.41, 5.74) is 3.62. The molecule has 3 rings (SSSR count). The van der Waals surface area contributed by atoms with E-state index in [0.717, 1.165) is 40.7 Å². The normalized spacial score (nSPS) is 13.4. The molecule has 1 aliphatic rings. The van der Waals surface area contributed by atoms with E-state index in [-0.39, 0.29) is 0 Å². The van der Waals surface area contributed by atoms with E-state index in [1.807, 2.05) is 47.8 Å². The Morgan fingerprint density at radius 1 is 1.32 bits per heavy atom. The molecule has 0 unspecified atom stereocenters. The number of carbonyl (C=O) groups is 1. The lowest BCUT2D eigenvalue weighted by molar-refractivity contribution is 0.111. The molecule has 1 aliphatic heterocycles. The van der Waals surface area contributed by atoms with Gasteiger partial charge in [0.1, 0.15) is 11.4 Å². The van der Waals surface area contributed by atoms with Crippen LogP contribution in [0.2, 0.25) is 0 Å². The minimum Gasteiger partial charge on any atom is -0.378 e. The molecule has 0 saturated carbocycles. The number of anilines is 1. The van der Waals surface area contributed by atoms with Crippen molar-refractivity contribution in [1.82, 2.24) is 9.55 Å². The van der Waals surface area contributed by atoms with E-state index in [1.54, 1.807) is 11.8 Å². The van der Waals surface area contributed by atoms with Gasteiger partial charge in [0.05, 0.1) is 0 Å². The van der Waals surface area contributed by atoms with E-state index in [2.05, 4.69) is 4.98 Å². The van der Waals surface area contributed by atoms with Gasteiger partial charge < -0.3 is 9.47 Å². The summed E-state index contributed by atoms with van der Waals surface area (Å²) in [6.45, 7) is 0.872. The Hall–Kier alpha value is -1.75. The molecule has 0 aliphatic carbocycles. The predicted octanol–water partition coefficient (Wildman–Crippen LogP) is 2.53. The lowest BCUT2D eigenvalue weighted by atomic mass is 10.1. The number of rotatable bonds is 3. The summed E-state index contributed by atoms with van der Waals surface area (Å²) in [6, 6.07) is 8.12. The molecule has 0 fully saturated rings. The van der Waals surface area contributed by atoms with Gasteiger partial charge in [0.15, 0.2) is 11.4 Å². The van der Waals surface area contributed by atoms with Gasteiger partial charge in [-0.05, 0) is 12.1 Å². The van der Waals surface area contributed by atoms with Gasteiger partial charge in [-0.3, -0.25) is 4.79 Å². The highest BCUT2D eigenvalue weighted by Gasteiger charge is 2.22. The number of aldehydes is 1. The molecule has 1 aromatic carbocycles. The fourth-order valence-electron chi connectivity index (χ4n) is 2.25. The summed E-state index contributed by atoms with van der Waals surface area (Å²) in [7, 11) is 4.02. The van der Waals surface area contributed by atoms with Gasteiger partial charge >= 0.3 is 0 Å². The van der Waals surface area contributed by atoms with Crippen LogP contribution in [0.4, 0.5) is 5.69 Å². The number of hydrogen-bond acceptors (Lipinski definition) is 4. The zero-order chi connectivity index (χ0) is 13.4. The first kappa shape index (κ1) is 12.3. The molecule has 2 heterocycles. The number of carbonyl (C=O) groups excluding carboxylic acids is 1. The van der Waals surface area contributed by atoms with Crippen molar-refractivity contribution >= 4 is 23.7 Å². The van der Waals surface area contributed by atoms with Crippen LogP contribution in [0.3, 0.4) is 0 Å². The van der Waals surface area contributed by atoms with E-state index in [9.17, 15) is 4.79 Å². The molecule has 5 heteroatoms. The van der Waals surface area contributed by atoms with Crippen molar-refractivity contribution in [1.29, 1.82) is 0 Å². The Balaban J connectivity index is 2.05. The van der Waals surface area contributed by atoms with Crippen LogP contribution < -0.4 is 4.90 Å². The van der Waals surface area contributed by atoms with E-state index in [4.69, 9.17) is 0 Å². The van der Waals surface area contributed by atoms with Crippen LogP contribution in [0.1, 0.15) is 10.5 Å². The maximum absolute atomic E-state index is 11.3. The van der Waals surface area contributed by atoms with Crippen molar-refractivity contribution < 1.29 is 4.79 Å². The summed E-state index contributed by atoms with van der Waals surface area (Å²) in [5, 5.41) is 0.953. The van der Waals surface area contributed by atoms with Crippen molar-refractivity contribution in [3.63, 3.8) is 0 Å². The zero-order valence-electron chi connectivity index (χ0n) is 11.0. The van der Waals surface area contributed by atoms with Gasteiger partial charge in [0.25, 0.3) is 0 Å². The van der Waals surface area contributed by atoms with Crippen LogP contribution in [-0.2, 0) is 6.54 Å². The second-order valence-corrected chi connectivity index (χ2v) is 5.75. The standard InChI is InChI=1S/C14H15N3OS/c1-16(2)11-5-3-10(4-6-11)13-12(9-18)17-7-8-19-14(17)15-13/h3-6,9H,7-8H2,1-2H3. The average molecular weight is 273 g/mol. The summed E-state index contributed by atoms with van der Waals surface area (Å²) in [4.78, 5) is 18.0. The Morgan fingerprint density at radius 3 is 2.68 bits per heavy atom. The molecule has 0 spiro atoms. The van der Waals surface area contributed by atoms with Crippen molar-refractivity contribution in [2.45, 2.75) is 11.7 Å². The van der Waals surface area contributed by atoms with Crippen LogP contribution in [0.5, 0.6) is 0 Å². The number of fused-ring (bicyclic) bond motifs is 1. The first-order valence-corrected chi connectivity index (χ1v) is 7.15. The fraction of sp³-hybridized carbons (Fsp3) is 0.286. The van der Waals surface area contributed by atoms with Gasteiger partial charge in [0, 0.05) is 37.6 Å². The molecule has 1 aromatic heterocycles. The van der Waals surface area contributed by atoms with Gasteiger partial charge in [-0.25, -0.2) is 4.98 Å². The number of imidazole rings is 1. The third-order valence-corrected chi connectivity index (χ3v) is 4.24. The predicted molar refractivity (Wildman–Crippen MR) is 78.1 cm³/mol. The minimum atomic E-state index is 0.692. The Kier molecular flexibility index (Phi) is 3.06. The molecule has 0 amide bonds. The SMILES string of the molecule is CN(C)c1ccc(-c2nc3n(c2C=O)CCS3)cc1. The maximum Gasteiger partial charge on any atom is 0.169 e. The molecule has 0 radical (unpaired) electrons. The largest absolute Gasteiger partial charge is 0.378 e. The highest BCUT2D eigenvalue weighted by molar-refractivity contribution is 7.99. The molecule has 0 N–H and O–H groups in total. The van der Waals surface area contributed by atoms with Gasteiger partial charge in [0.2, 0.25) is 0 Å². The third kappa shape index (κ3) is 2.04. The second-order valence-electron chi connectivity index (χ2n) is 4.69. The number of benzene rings is 1. The maximum atomic E-state index is 11.3. The van der Waals surface area contributed by atoms with Crippen LogP contribution in [0.15, 0.2) is 29.4 Å². The zero-order valence-corrected chi connectivity index (χ0v) is 11.8. The van der Waals surface area contributed by atoms with Crippen LogP contribution in [0.25, 0.3) is 11.3 Å². The molecule has 0 saturated heterocycles. The lowest BCUT2D eigenvalue weighted by Gasteiger charge is -2.12. The highest BCUT2D eigenvalue weighted by atomic mass is 32.2. The summed E-state index contributed by atoms with van der Waals surface area (Å²) >= 11 is 1.71. The summed E-state index contributed by atoms with van der Waals surface area (Å²) in [6.07, 6.45) is 0.914. The van der Waals surface area contributed by atoms with Gasteiger partial charge in [-0.1, -0.05) is 23.9 Å². The Morgan fingerprint density at radius 2 is 2.05 bits per heavy atom. The summed E-state index contributed by atoms with van der Waals surface area (Å²) in [5.74, 6) is 1.00. The number of aromatic nitrogens is 2. The lowest BCUT2D eigenvalue weighted by Crippen LogP contribution is -2.08. The molecule has 4 nitrogen and oxygen atoms in total. The van der Waals surface area contributed by atoms with E-state index >= 15 is 0 Å². The van der Waals surface area contributed by atoms with Crippen LogP contribution in [-0.4, -0.2) is 35.7 Å². The number of nitrogens with zero attached hydrogens (tertiary/aromatic N) is 3. The van der Waals surface area contributed by atoms with Gasteiger partial charge in [-0.15, -0.1) is 0 Å². The van der Waals surface area contributed by atoms with Crippen LogP contribution in [0, 0.1) is 0 Å².